The molecule has 0 aliphatic rings. The van der Waals surface area contributed by atoms with E-state index in [0.29, 0.717) is 10.4 Å². The van der Waals surface area contributed by atoms with E-state index >= 15 is 0 Å². The lowest BCUT2D eigenvalue weighted by molar-refractivity contribution is -0.138. The fourth-order valence-electron chi connectivity index (χ4n) is 7.46. The van der Waals surface area contributed by atoms with Gasteiger partial charge in [-0.3, -0.25) is 4.79 Å². The lowest BCUT2D eigenvalue weighted by atomic mass is 9.78. The Hall–Kier alpha value is -6.09. The molecule has 1 heterocycles. The van der Waals surface area contributed by atoms with Crippen molar-refractivity contribution in [1.29, 1.82) is 0 Å². The smallest absolute Gasteiger partial charge is 0.338 e. The molecular formula is C47H31F12NOS. The molecule has 0 aliphatic carbocycles. The van der Waals surface area contributed by atoms with Crippen molar-refractivity contribution in [2.24, 2.45) is 0 Å². The van der Waals surface area contributed by atoms with Gasteiger partial charge in [0.15, 0.2) is 0 Å². The summed E-state index contributed by atoms with van der Waals surface area (Å²) in [5.41, 5.74) is -3.37. The average Bonchev–Trinajstić information content (AvgIpc) is 3.63. The number of thiophene rings is 1. The minimum atomic E-state index is -4.82. The molecule has 0 aliphatic heterocycles. The molecule has 0 fully saturated rings. The van der Waals surface area contributed by atoms with E-state index in [2.05, 4.69) is 0 Å². The number of alkyl halides is 12. The van der Waals surface area contributed by atoms with Crippen LogP contribution in [-0.4, -0.2) is 23.9 Å². The summed E-state index contributed by atoms with van der Waals surface area (Å²) in [6.07, 6.45) is -19.2. The number of fused-ring (bicyclic) bond motifs is 1. The zero-order valence-electron chi connectivity index (χ0n) is 32.3. The number of hydrogen-bond donors (Lipinski definition) is 0. The zero-order chi connectivity index (χ0) is 44.9. The number of hydrogen-bond acceptors (Lipinski definition) is 2. The van der Waals surface area contributed by atoms with E-state index in [1.54, 1.807) is 44.2 Å². The van der Waals surface area contributed by atoms with Gasteiger partial charge in [-0.05, 0) is 112 Å². The van der Waals surface area contributed by atoms with Gasteiger partial charge in [0.2, 0.25) is 0 Å². The predicted molar refractivity (Wildman–Crippen MR) is 216 cm³/mol. The molecule has 1 aromatic heterocycles. The Balaban J connectivity index is 1.80. The monoisotopic (exact) mass is 885 g/mol. The Morgan fingerprint density at radius 3 is 1.03 bits per heavy atom. The van der Waals surface area contributed by atoms with E-state index < -0.39 is 52.9 Å². The zero-order valence-corrected chi connectivity index (χ0v) is 33.2. The third kappa shape index (κ3) is 8.42. The molecule has 0 unspecified atom stereocenters. The Labute approximate surface area is 350 Å². The van der Waals surface area contributed by atoms with Crippen LogP contribution in [0.2, 0.25) is 0 Å². The molecule has 15 heteroatoms. The summed E-state index contributed by atoms with van der Waals surface area (Å²) in [6, 6.07) is 23.7. The van der Waals surface area contributed by atoms with Crippen molar-refractivity contribution in [3.8, 4) is 54.9 Å². The van der Waals surface area contributed by atoms with Crippen LogP contribution in [0.1, 0.15) is 45.8 Å². The number of benzene rings is 6. The molecule has 2 nitrogen and oxygen atoms in total. The molecule has 0 bridgehead atoms. The fourth-order valence-corrected chi connectivity index (χ4v) is 8.75. The highest BCUT2D eigenvalue weighted by Crippen LogP contribution is 2.57. The summed E-state index contributed by atoms with van der Waals surface area (Å²) in [4.78, 5) is 16.7. The Bertz CT molecular complexity index is 2730. The van der Waals surface area contributed by atoms with E-state index in [1.807, 2.05) is 0 Å². The van der Waals surface area contributed by atoms with E-state index in [9.17, 15) is 57.5 Å². The van der Waals surface area contributed by atoms with Crippen LogP contribution in [-0.2, 0) is 24.7 Å². The van der Waals surface area contributed by atoms with E-state index in [0.717, 1.165) is 108 Å². The van der Waals surface area contributed by atoms with Gasteiger partial charge in [0.25, 0.3) is 5.91 Å². The highest BCUT2D eigenvalue weighted by Gasteiger charge is 2.37. The maximum atomic E-state index is 14.8. The lowest BCUT2D eigenvalue weighted by Crippen LogP contribution is -2.30. The number of halogens is 12. The van der Waals surface area contributed by atoms with Crippen molar-refractivity contribution in [3.05, 3.63) is 155 Å². The quantitative estimate of drug-likeness (QED) is 0.139. The van der Waals surface area contributed by atoms with Crippen LogP contribution in [0, 0.1) is 0 Å². The SMILES string of the molecule is CCN(CC)C(=O)c1sc(-c2ccccc2)c2c(-c3ccc(C(F)(F)F)cc3)c(-c3ccc(C(F)(F)F)cc3)c(-c3ccc(C(F)(F)F)cc3)c(-c3ccc(C(F)(F)F)cc3)c12. The summed E-state index contributed by atoms with van der Waals surface area (Å²) < 4.78 is 168. The second-order valence-electron chi connectivity index (χ2n) is 14.2. The first-order valence-corrected chi connectivity index (χ1v) is 19.7. The second kappa shape index (κ2) is 16.3. The number of carbonyl (C=O) groups is 1. The van der Waals surface area contributed by atoms with Crippen LogP contribution < -0.4 is 0 Å². The molecule has 320 valence electrons. The standard InChI is InChI=1S/C47H31F12NOS/c1-3-60(4-2)43(61)42-40-38(29-16-24-34(25-17-29)47(57,58)59)36(27-12-20-32(21-13-27)45(51,52)53)35(26-10-18-31(19-11-26)44(48,49)50)37(28-14-22-33(23-15-28)46(54,55)56)39(40)41(62-42)30-8-6-5-7-9-30/h5-25H,3-4H2,1-2H3. The number of rotatable bonds is 8. The van der Waals surface area contributed by atoms with E-state index in [1.165, 1.54) is 4.90 Å². The van der Waals surface area contributed by atoms with Crippen molar-refractivity contribution >= 4 is 28.0 Å². The maximum absolute atomic E-state index is 14.8. The predicted octanol–water partition coefficient (Wildman–Crippen LogP) is 15.8. The second-order valence-corrected chi connectivity index (χ2v) is 15.2. The first-order valence-electron chi connectivity index (χ1n) is 18.8. The van der Waals surface area contributed by atoms with Crippen molar-refractivity contribution in [2.45, 2.75) is 38.6 Å². The maximum Gasteiger partial charge on any atom is 0.416 e. The molecule has 7 rings (SSSR count). The van der Waals surface area contributed by atoms with Gasteiger partial charge in [0.05, 0.1) is 22.3 Å². The van der Waals surface area contributed by atoms with Crippen molar-refractivity contribution in [1.82, 2.24) is 4.90 Å². The summed E-state index contributed by atoms with van der Waals surface area (Å²) in [5, 5.41) is 0.336. The first kappa shape index (κ1) is 44.0. The molecular weight excluding hydrogens is 855 g/mol. The summed E-state index contributed by atoms with van der Waals surface area (Å²) in [7, 11) is 0. The minimum absolute atomic E-state index is 0.00607. The van der Waals surface area contributed by atoms with Crippen LogP contribution >= 0.6 is 11.3 Å². The van der Waals surface area contributed by atoms with Crippen LogP contribution in [0.25, 0.3) is 65.7 Å². The largest absolute Gasteiger partial charge is 0.416 e. The summed E-state index contributed by atoms with van der Waals surface area (Å²) >= 11 is 0.996. The number of amides is 1. The fraction of sp³-hybridized carbons (Fsp3) is 0.170. The molecule has 0 saturated carbocycles. The van der Waals surface area contributed by atoms with Gasteiger partial charge in [-0.2, -0.15) is 52.7 Å². The van der Waals surface area contributed by atoms with E-state index in [-0.39, 0.29) is 73.2 Å². The summed E-state index contributed by atoms with van der Waals surface area (Å²) in [6.45, 7) is 3.84. The van der Waals surface area contributed by atoms with Gasteiger partial charge >= 0.3 is 24.7 Å². The average molecular weight is 886 g/mol. The molecule has 6 aromatic carbocycles. The lowest BCUT2D eigenvalue weighted by Gasteiger charge is -2.25. The Kier molecular flexibility index (Phi) is 11.6. The Morgan fingerprint density at radius 1 is 0.419 bits per heavy atom. The third-order valence-electron chi connectivity index (χ3n) is 10.4. The van der Waals surface area contributed by atoms with Gasteiger partial charge in [0.1, 0.15) is 4.88 Å². The normalized spacial score (nSPS) is 12.5. The molecule has 1 amide bonds. The molecule has 0 saturated heterocycles. The summed E-state index contributed by atoms with van der Waals surface area (Å²) in [5.74, 6) is -0.528. The molecule has 0 spiro atoms. The molecule has 0 radical (unpaired) electrons. The van der Waals surface area contributed by atoms with Crippen molar-refractivity contribution < 1.29 is 57.5 Å². The highest BCUT2D eigenvalue weighted by atomic mass is 32.1. The molecule has 0 atom stereocenters. The van der Waals surface area contributed by atoms with Gasteiger partial charge < -0.3 is 4.90 Å². The van der Waals surface area contributed by atoms with Crippen LogP contribution in [0.4, 0.5) is 52.7 Å². The minimum Gasteiger partial charge on any atom is -0.338 e. The van der Waals surface area contributed by atoms with Crippen molar-refractivity contribution in [2.75, 3.05) is 13.1 Å². The van der Waals surface area contributed by atoms with Crippen LogP contribution in [0.5, 0.6) is 0 Å². The molecule has 62 heavy (non-hydrogen) atoms. The van der Waals surface area contributed by atoms with Crippen LogP contribution in [0.15, 0.2) is 127 Å². The first-order chi connectivity index (χ1) is 29.1. The van der Waals surface area contributed by atoms with E-state index in [4.69, 9.17) is 0 Å². The third-order valence-corrected chi connectivity index (χ3v) is 11.7. The highest BCUT2D eigenvalue weighted by molar-refractivity contribution is 7.19. The van der Waals surface area contributed by atoms with Gasteiger partial charge in [0, 0.05) is 28.7 Å². The molecule has 0 N–H and O–H groups in total. The Morgan fingerprint density at radius 2 is 0.726 bits per heavy atom. The number of nitrogens with zero attached hydrogens (tertiary/aromatic N) is 1. The number of carbonyl (C=O) groups excluding carboxylic acids is 1. The topological polar surface area (TPSA) is 20.3 Å². The van der Waals surface area contributed by atoms with Gasteiger partial charge in [-0.1, -0.05) is 78.9 Å². The molecule has 7 aromatic rings. The van der Waals surface area contributed by atoms with Crippen LogP contribution in [0.3, 0.4) is 0 Å². The van der Waals surface area contributed by atoms with Gasteiger partial charge in [-0.15, -0.1) is 11.3 Å². The van der Waals surface area contributed by atoms with Gasteiger partial charge in [-0.25, -0.2) is 0 Å². The van der Waals surface area contributed by atoms with Crippen molar-refractivity contribution in [3.63, 3.8) is 0 Å².